The zero-order valence-electron chi connectivity index (χ0n) is 13.3. The lowest BCUT2D eigenvalue weighted by atomic mass is 10.0. The molecule has 0 aliphatic heterocycles. The van der Waals surface area contributed by atoms with Crippen LogP contribution < -0.4 is 10.1 Å². The standard InChI is InChI=1S/C15H26N4OS/c1-4-10-16-13-17-14(20-11(2)3)19-15(18-13)21-12-8-6-5-7-9-12/h11-12H,4-10H2,1-3H3,(H,16,17,18,19). The Morgan fingerprint density at radius 1 is 1.19 bits per heavy atom. The van der Waals surface area contributed by atoms with E-state index in [9.17, 15) is 0 Å². The number of hydrogen-bond donors (Lipinski definition) is 1. The van der Waals surface area contributed by atoms with E-state index in [1.54, 1.807) is 11.8 Å². The second-order valence-electron chi connectivity index (χ2n) is 5.70. The van der Waals surface area contributed by atoms with Crippen molar-refractivity contribution in [1.82, 2.24) is 15.0 Å². The number of ether oxygens (including phenoxy) is 1. The van der Waals surface area contributed by atoms with Crippen molar-refractivity contribution < 1.29 is 4.74 Å². The molecule has 0 unspecified atom stereocenters. The van der Waals surface area contributed by atoms with Crippen LogP contribution in [0.1, 0.15) is 59.3 Å². The second-order valence-corrected chi connectivity index (χ2v) is 6.96. The molecule has 5 nitrogen and oxygen atoms in total. The highest BCUT2D eigenvalue weighted by Gasteiger charge is 2.18. The van der Waals surface area contributed by atoms with Crippen LogP contribution in [0.3, 0.4) is 0 Å². The number of hydrogen-bond acceptors (Lipinski definition) is 6. The van der Waals surface area contributed by atoms with E-state index in [0.717, 1.165) is 18.1 Å². The molecule has 1 aliphatic carbocycles. The molecule has 1 N–H and O–H groups in total. The van der Waals surface area contributed by atoms with Crippen molar-refractivity contribution in [3.8, 4) is 6.01 Å². The molecule has 2 rings (SSSR count). The molecule has 0 radical (unpaired) electrons. The third kappa shape index (κ3) is 5.69. The second kappa shape index (κ2) is 8.41. The first-order valence-electron chi connectivity index (χ1n) is 8.00. The van der Waals surface area contributed by atoms with Crippen LogP contribution in [0.25, 0.3) is 0 Å². The minimum atomic E-state index is 0.0685. The third-order valence-corrected chi connectivity index (χ3v) is 4.49. The summed E-state index contributed by atoms with van der Waals surface area (Å²) >= 11 is 1.77. The van der Waals surface area contributed by atoms with Crippen molar-refractivity contribution in [1.29, 1.82) is 0 Å². The van der Waals surface area contributed by atoms with E-state index in [1.165, 1.54) is 32.1 Å². The Morgan fingerprint density at radius 3 is 2.62 bits per heavy atom. The molecule has 0 amide bonds. The van der Waals surface area contributed by atoms with Gasteiger partial charge in [-0.05, 0) is 33.1 Å². The molecule has 0 atom stereocenters. The van der Waals surface area contributed by atoms with Crippen molar-refractivity contribution in [3.63, 3.8) is 0 Å². The van der Waals surface area contributed by atoms with Gasteiger partial charge in [0.15, 0.2) is 5.16 Å². The first-order valence-corrected chi connectivity index (χ1v) is 8.88. The van der Waals surface area contributed by atoms with Crippen LogP contribution in [0, 0.1) is 0 Å². The summed E-state index contributed by atoms with van der Waals surface area (Å²) < 4.78 is 5.65. The number of rotatable bonds is 7. The SMILES string of the molecule is CCCNc1nc(OC(C)C)nc(SC2CCCCC2)n1. The maximum absolute atomic E-state index is 5.65. The van der Waals surface area contributed by atoms with E-state index in [4.69, 9.17) is 4.74 Å². The van der Waals surface area contributed by atoms with Gasteiger partial charge in [0.25, 0.3) is 0 Å². The lowest BCUT2D eigenvalue weighted by Crippen LogP contribution is -2.14. The normalized spacial score (nSPS) is 16.2. The van der Waals surface area contributed by atoms with E-state index in [0.29, 0.717) is 17.2 Å². The van der Waals surface area contributed by atoms with Crippen molar-refractivity contribution in [2.24, 2.45) is 0 Å². The van der Waals surface area contributed by atoms with Crippen LogP contribution in [0.15, 0.2) is 5.16 Å². The van der Waals surface area contributed by atoms with E-state index in [1.807, 2.05) is 13.8 Å². The molecule has 1 saturated carbocycles. The number of nitrogens with zero attached hydrogens (tertiary/aromatic N) is 3. The fourth-order valence-corrected chi connectivity index (χ4v) is 3.44. The number of thioether (sulfide) groups is 1. The topological polar surface area (TPSA) is 59.9 Å². The van der Waals surface area contributed by atoms with Gasteiger partial charge in [-0.2, -0.15) is 15.0 Å². The first kappa shape index (κ1) is 16.3. The van der Waals surface area contributed by atoms with Gasteiger partial charge in [-0.3, -0.25) is 0 Å². The van der Waals surface area contributed by atoms with E-state index < -0.39 is 0 Å². The fourth-order valence-electron chi connectivity index (χ4n) is 2.30. The molecule has 6 heteroatoms. The lowest BCUT2D eigenvalue weighted by Gasteiger charge is -2.20. The zero-order chi connectivity index (χ0) is 15.1. The van der Waals surface area contributed by atoms with Gasteiger partial charge >= 0.3 is 6.01 Å². The fraction of sp³-hybridized carbons (Fsp3) is 0.800. The van der Waals surface area contributed by atoms with Gasteiger partial charge in [0.05, 0.1) is 6.10 Å². The van der Waals surface area contributed by atoms with Crippen LogP contribution in [-0.4, -0.2) is 32.9 Å². The monoisotopic (exact) mass is 310 g/mol. The third-order valence-electron chi connectivity index (χ3n) is 3.29. The Hall–Kier alpha value is -1.04. The summed E-state index contributed by atoms with van der Waals surface area (Å²) in [5.41, 5.74) is 0. The Morgan fingerprint density at radius 2 is 1.95 bits per heavy atom. The minimum absolute atomic E-state index is 0.0685. The van der Waals surface area contributed by atoms with E-state index in [-0.39, 0.29) is 6.10 Å². The Labute approximate surface area is 131 Å². The number of aromatic nitrogens is 3. The van der Waals surface area contributed by atoms with Crippen molar-refractivity contribution >= 4 is 17.7 Å². The average molecular weight is 310 g/mol. The molecule has 21 heavy (non-hydrogen) atoms. The summed E-state index contributed by atoms with van der Waals surface area (Å²) in [6, 6.07) is 0.428. The molecule has 1 aromatic heterocycles. The van der Waals surface area contributed by atoms with Crippen molar-refractivity contribution in [3.05, 3.63) is 0 Å². The molecule has 0 bridgehead atoms. The zero-order valence-corrected chi connectivity index (χ0v) is 14.1. The molecule has 1 fully saturated rings. The van der Waals surface area contributed by atoms with Crippen molar-refractivity contribution in [2.45, 2.75) is 75.8 Å². The van der Waals surface area contributed by atoms with Gasteiger partial charge in [0.2, 0.25) is 5.95 Å². The summed E-state index contributed by atoms with van der Waals surface area (Å²) in [6.07, 6.45) is 7.62. The molecule has 1 aromatic rings. The summed E-state index contributed by atoms with van der Waals surface area (Å²) in [4.78, 5) is 13.3. The highest BCUT2D eigenvalue weighted by atomic mass is 32.2. The molecular weight excluding hydrogens is 284 g/mol. The van der Waals surface area contributed by atoms with E-state index in [2.05, 4.69) is 27.2 Å². The van der Waals surface area contributed by atoms with Gasteiger partial charge in [0.1, 0.15) is 0 Å². The molecule has 0 spiro atoms. The van der Waals surface area contributed by atoms with Crippen LogP contribution in [-0.2, 0) is 0 Å². The number of anilines is 1. The molecule has 0 saturated heterocycles. The van der Waals surface area contributed by atoms with Crippen LogP contribution in [0.2, 0.25) is 0 Å². The Balaban J connectivity index is 2.09. The smallest absolute Gasteiger partial charge is 0.322 e. The average Bonchev–Trinajstić information content (AvgIpc) is 2.45. The summed E-state index contributed by atoms with van der Waals surface area (Å²) in [5, 5.41) is 4.65. The molecular formula is C15H26N4OS. The predicted octanol–water partition coefficient (Wildman–Crippen LogP) is 3.91. The molecule has 0 aromatic carbocycles. The molecule has 118 valence electrons. The highest BCUT2D eigenvalue weighted by Crippen LogP contribution is 2.32. The van der Waals surface area contributed by atoms with Gasteiger partial charge < -0.3 is 10.1 Å². The number of nitrogens with one attached hydrogen (secondary N) is 1. The van der Waals surface area contributed by atoms with Gasteiger partial charge in [0, 0.05) is 11.8 Å². The molecule has 1 heterocycles. The van der Waals surface area contributed by atoms with Crippen molar-refractivity contribution in [2.75, 3.05) is 11.9 Å². The van der Waals surface area contributed by atoms with Gasteiger partial charge in [-0.1, -0.05) is 37.9 Å². The maximum atomic E-state index is 5.65. The van der Waals surface area contributed by atoms with Crippen LogP contribution in [0.5, 0.6) is 6.01 Å². The van der Waals surface area contributed by atoms with E-state index >= 15 is 0 Å². The summed E-state index contributed by atoms with van der Waals surface area (Å²) in [7, 11) is 0. The van der Waals surface area contributed by atoms with Crippen LogP contribution >= 0.6 is 11.8 Å². The summed E-state index contributed by atoms with van der Waals surface area (Å²) in [6.45, 7) is 6.95. The lowest BCUT2D eigenvalue weighted by molar-refractivity contribution is 0.219. The summed E-state index contributed by atoms with van der Waals surface area (Å²) in [5.74, 6) is 0.626. The largest absolute Gasteiger partial charge is 0.461 e. The van der Waals surface area contributed by atoms with Gasteiger partial charge in [-0.15, -0.1) is 0 Å². The predicted molar refractivity (Wildman–Crippen MR) is 87.1 cm³/mol. The van der Waals surface area contributed by atoms with Crippen LogP contribution in [0.4, 0.5) is 5.95 Å². The Kier molecular flexibility index (Phi) is 6.54. The maximum Gasteiger partial charge on any atom is 0.322 e. The van der Waals surface area contributed by atoms with Gasteiger partial charge in [-0.25, -0.2) is 0 Å². The highest BCUT2D eigenvalue weighted by molar-refractivity contribution is 7.99. The minimum Gasteiger partial charge on any atom is -0.461 e. The molecule has 1 aliphatic rings. The first-order chi connectivity index (χ1) is 10.2. The quantitative estimate of drug-likeness (QED) is 0.824. The Bertz CT molecular complexity index is 436.